The van der Waals surface area contributed by atoms with Crippen molar-refractivity contribution in [2.75, 3.05) is 4.90 Å². The zero-order valence-corrected chi connectivity index (χ0v) is 31.8. The molecular formula is C54H41NO. The lowest BCUT2D eigenvalue weighted by atomic mass is 9.83. The van der Waals surface area contributed by atoms with E-state index in [2.05, 4.69) is 214 Å². The van der Waals surface area contributed by atoms with E-state index in [1.165, 1.54) is 65.5 Å². The lowest BCUT2D eigenvalue weighted by Gasteiger charge is -2.27. The third kappa shape index (κ3) is 6.01. The molecule has 0 radical (unpaired) electrons. The summed E-state index contributed by atoms with van der Waals surface area (Å²) < 4.78 is 6.65. The standard InChI is InChI=1S/C54H41NO/c1-54(2,3)52-50-17-8-9-18-51(50)56-53(52)44-14-10-15-47(35-44)55(45-28-23-37(24-29-45)41-21-19-36-11-4-5-13-40(36)33-41)46-30-25-38(26-31-46)42-27-32-49-43(34-42)22-20-39-12-6-7-16-48(39)49/h4-35H,1-3H3. The first kappa shape index (κ1) is 33.7. The average molecular weight is 720 g/mol. The van der Waals surface area contributed by atoms with E-state index in [1.807, 2.05) is 6.07 Å². The average Bonchev–Trinajstić information content (AvgIpc) is 3.65. The van der Waals surface area contributed by atoms with Gasteiger partial charge in [-0.3, -0.25) is 0 Å². The summed E-state index contributed by atoms with van der Waals surface area (Å²) in [6.07, 6.45) is 0. The molecule has 0 N–H and O–H groups in total. The normalized spacial score (nSPS) is 11.8. The molecular weight excluding hydrogens is 679 g/mol. The molecule has 2 heteroatoms. The second kappa shape index (κ2) is 13.4. The van der Waals surface area contributed by atoms with Gasteiger partial charge in [0.2, 0.25) is 0 Å². The van der Waals surface area contributed by atoms with Crippen molar-refractivity contribution in [3.8, 4) is 33.6 Å². The number of fused-ring (bicyclic) bond motifs is 5. The van der Waals surface area contributed by atoms with Gasteiger partial charge in [-0.25, -0.2) is 0 Å². The van der Waals surface area contributed by atoms with Gasteiger partial charge in [0.1, 0.15) is 11.3 Å². The van der Waals surface area contributed by atoms with E-state index in [4.69, 9.17) is 4.42 Å². The number of rotatable bonds is 6. The molecule has 1 aromatic heterocycles. The van der Waals surface area contributed by atoms with Crippen LogP contribution in [-0.2, 0) is 5.41 Å². The molecule has 2 nitrogen and oxygen atoms in total. The van der Waals surface area contributed by atoms with E-state index in [9.17, 15) is 0 Å². The Morgan fingerprint density at radius 3 is 1.61 bits per heavy atom. The van der Waals surface area contributed by atoms with E-state index >= 15 is 0 Å². The summed E-state index contributed by atoms with van der Waals surface area (Å²) in [6, 6.07) is 70.2. The van der Waals surface area contributed by atoms with Crippen LogP contribution < -0.4 is 4.90 Å². The topological polar surface area (TPSA) is 16.4 Å². The van der Waals surface area contributed by atoms with E-state index in [0.29, 0.717) is 0 Å². The van der Waals surface area contributed by atoms with Gasteiger partial charge in [-0.2, -0.15) is 0 Å². The fourth-order valence-corrected chi connectivity index (χ4v) is 8.39. The van der Waals surface area contributed by atoms with Crippen molar-refractivity contribution in [1.29, 1.82) is 0 Å². The summed E-state index contributed by atoms with van der Waals surface area (Å²) in [5.41, 5.74) is 11.1. The number of furan rings is 1. The van der Waals surface area contributed by atoms with Gasteiger partial charge < -0.3 is 9.32 Å². The molecule has 10 aromatic rings. The summed E-state index contributed by atoms with van der Waals surface area (Å²) in [7, 11) is 0. The summed E-state index contributed by atoms with van der Waals surface area (Å²) in [5.74, 6) is 0.923. The van der Waals surface area contributed by atoms with Crippen LogP contribution in [0.15, 0.2) is 199 Å². The fourth-order valence-electron chi connectivity index (χ4n) is 8.39. The Hall–Kier alpha value is -6.90. The predicted octanol–water partition coefficient (Wildman–Crippen LogP) is 15.7. The third-order valence-electron chi connectivity index (χ3n) is 11.1. The minimum atomic E-state index is -0.109. The Labute approximate surface area is 327 Å². The molecule has 0 aliphatic carbocycles. The van der Waals surface area contributed by atoms with Crippen molar-refractivity contribution < 1.29 is 4.42 Å². The van der Waals surface area contributed by atoms with Crippen LogP contribution in [0.3, 0.4) is 0 Å². The van der Waals surface area contributed by atoms with Crippen molar-refractivity contribution in [3.63, 3.8) is 0 Å². The van der Waals surface area contributed by atoms with Crippen LogP contribution in [0.25, 0.3) is 76.9 Å². The van der Waals surface area contributed by atoms with Gasteiger partial charge in [-0.15, -0.1) is 0 Å². The smallest absolute Gasteiger partial charge is 0.139 e. The van der Waals surface area contributed by atoms with Crippen molar-refractivity contribution in [1.82, 2.24) is 0 Å². The highest BCUT2D eigenvalue weighted by Crippen LogP contribution is 2.44. The molecule has 0 saturated heterocycles. The largest absolute Gasteiger partial charge is 0.456 e. The second-order valence-corrected chi connectivity index (χ2v) is 15.8. The van der Waals surface area contributed by atoms with Crippen LogP contribution in [0.2, 0.25) is 0 Å². The highest BCUT2D eigenvalue weighted by molar-refractivity contribution is 6.08. The maximum atomic E-state index is 6.65. The van der Waals surface area contributed by atoms with Gasteiger partial charge >= 0.3 is 0 Å². The Balaban J connectivity index is 1.07. The first-order valence-corrected chi connectivity index (χ1v) is 19.4. The SMILES string of the molecule is CC(C)(C)c1c(-c2cccc(N(c3ccc(-c4ccc5ccccc5c4)cc3)c3ccc(-c4ccc5c(ccc6ccccc65)c4)cc3)c2)oc2ccccc12. The molecule has 0 saturated carbocycles. The molecule has 0 atom stereocenters. The molecule has 268 valence electrons. The summed E-state index contributed by atoms with van der Waals surface area (Å²) in [4.78, 5) is 2.35. The zero-order valence-electron chi connectivity index (χ0n) is 31.8. The maximum absolute atomic E-state index is 6.65. The van der Waals surface area contributed by atoms with Gasteiger partial charge in [0.25, 0.3) is 0 Å². The van der Waals surface area contributed by atoms with Gasteiger partial charge in [0.15, 0.2) is 0 Å². The number of hydrogen-bond acceptors (Lipinski definition) is 2. The lowest BCUT2D eigenvalue weighted by Crippen LogP contribution is -2.12. The molecule has 0 unspecified atom stereocenters. The summed E-state index contributed by atoms with van der Waals surface area (Å²) in [6.45, 7) is 6.79. The monoisotopic (exact) mass is 719 g/mol. The molecule has 0 aliphatic heterocycles. The molecule has 56 heavy (non-hydrogen) atoms. The highest BCUT2D eigenvalue weighted by Gasteiger charge is 2.26. The van der Waals surface area contributed by atoms with Crippen LogP contribution in [0.4, 0.5) is 17.1 Å². The summed E-state index contributed by atoms with van der Waals surface area (Å²) >= 11 is 0. The van der Waals surface area contributed by atoms with Crippen LogP contribution in [0.5, 0.6) is 0 Å². The van der Waals surface area contributed by atoms with Crippen LogP contribution in [0.1, 0.15) is 26.3 Å². The fraction of sp³-hybridized carbons (Fsp3) is 0.0741. The van der Waals surface area contributed by atoms with Gasteiger partial charge in [0, 0.05) is 33.6 Å². The summed E-state index contributed by atoms with van der Waals surface area (Å²) in [5, 5.41) is 8.73. The molecule has 9 aromatic carbocycles. The van der Waals surface area contributed by atoms with Gasteiger partial charge in [-0.1, -0.05) is 160 Å². The van der Waals surface area contributed by atoms with E-state index in [0.717, 1.165) is 34.0 Å². The maximum Gasteiger partial charge on any atom is 0.139 e. The number of hydrogen-bond donors (Lipinski definition) is 0. The Morgan fingerprint density at radius 1 is 0.357 bits per heavy atom. The number of benzene rings is 9. The minimum absolute atomic E-state index is 0.109. The number of para-hydroxylation sites is 1. The molecule has 1 heterocycles. The molecule has 0 bridgehead atoms. The zero-order chi connectivity index (χ0) is 37.8. The van der Waals surface area contributed by atoms with E-state index < -0.39 is 0 Å². The Morgan fingerprint density at radius 2 is 0.893 bits per heavy atom. The number of nitrogens with zero attached hydrogens (tertiary/aromatic N) is 1. The lowest BCUT2D eigenvalue weighted by molar-refractivity contribution is 0.568. The van der Waals surface area contributed by atoms with Crippen molar-refractivity contribution in [3.05, 3.63) is 200 Å². The van der Waals surface area contributed by atoms with Crippen LogP contribution in [0, 0.1) is 0 Å². The first-order valence-electron chi connectivity index (χ1n) is 19.4. The quantitative estimate of drug-likeness (QED) is 0.159. The molecule has 0 amide bonds. The van der Waals surface area contributed by atoms with Crippen LogP contribution >= 0.6 is 0 Å². The van der Waals surface area contributed by atoms with E-state index in [-0.39, 0.29) is 5.41 Å². The van der Waals surface area contributed by atoms with Crippen molar-refractivity contribution in [2.45, 2.75) is 26.2 Å². The first-order chi connectivity index (χ1) is 27.4. The molecule has 0 fully saturated rings. The van der Waals surface area contributed by atoms with Gasteiger partial charge in [0.05, 0.1) is 0 Å². The molecule has 0 spiro atoms. The Bertz CT molecular complexity index is 3050. The second-order valence-electron chi connectivity index (χ2n) is 15.8. The highest BCUT2D eigenvalue weighted by atomic mass is 16.3. The van der Waals surface area contributed by atoms with E-state index in [1.54, 1.807) is 0 Å². The predicted molar refractivity (Wildman–Crippen MR) is 238 cm³/mol. The van der Waals surface area contributed by atoms with Gasteiger partial charge in [-0.05, 0) is 115 Å². The van der Waals surface area contributed by atoms with Crippen molar-refractivity contribution in [2.24, 2.45) is 0 Å². The Kier molecular flexibility index (Phi) is 8.08. The third-order valence-corrected chi connectivity index (χ3v) is 11.1. The number of anilines is 3. The van der Waals surface area contributed by atoms with Crippen molar-refractivity contribution >= 4 is 60.3 Å². The molecule has 10 rings (SSSR count). The molecule has 0 aliphatic rings. The van der Waals surface area contributed by atoms with Crippen LogP contribution in [-0.4, -0.2) is 0 Å². The minimum Gasteiger partial charge on any atom is -0.456 e.